The van der Waals surface area contributed by atoms with Crippen molar-refractivity contribution in [3.05, 3.63) is 30.1 Å². The summed E-state index contributed by atoms with van der Waals surface area (Å²) >= 11 is 0. The molecular weight excluding hydrogens is 182 g/mol. The highest BCUT2D eigenvalue weighted by atomic mass is 16.5. The van der Waals surface area contributed by atoms with E-state index >= 15 is 0 Å². The summed E-state index contributed by atoms with van der Waals surface area (Å²) in [6.45, 7) is 0. The third-order valence-electron chi connectivity index (χ3n) is 1.91. The number of ether oxygens (including phenoxy) is 1. The summed E-state index contributed by atoms with van der Waals surface area (Å²) in [5, 5.41) is 0. The van der Waals surface area contributed by atoms with Gasteiger partial charge in [-0.05, 0) is 12.1 Å². The maximum Gasteiger partial charge on any atom is 0.272 e. The number of nitrogens with two attached hydrogens (primary N) is 1. The molecule has 72 valence electrons. The van der Waals surface area contributed by atoms with E-state index in [1.165, 1.54) is 7.11 Å². The lowest BCUT2D eigenvalue weighted by Gasteiger charge is -1.99. The second kappa shape index (κ2) is 3.02. The Labute approximate surface area is 80.1 Å². The number of fused-ring (bicyclic) bond motifs is 1. The van der Waals surface area contributed by atoms with Gasteiger partial charge in [0.15, 0.2) is 5.69 Å². The number of rotatable bonds is 2. The van der Waals surface area contributed by atoms with Gasteiger partial charge < -0.3 is 10.5 Å². The van der Waals surface area contributed by atoms with Crippen LogP contribution in [0.25, 0.3) is 5.65 Å². The number of hydrogen-bond acceptors (Lipinski definition) is 3. The molecule has 0 aliphatic heterocycles. The summed E-state index contributed by atoms with van der Waals surface area (Å²) in [6.07, 6.45) is 1.76. The molecule has 2 rings (SSSR count). The number of amides is 1. The summed E-state index contributed by atoms with van der Waals surface area (Å²) in [6, 6.07) is 5.42. The lowest BCUT2D eigenvalue weighted by atomic mass is 10.4. The topological polar surface area (TPSA) is 69.6 Å². The van der Waals surface area contributed by atoms with Crippen molar-refractivity contribution < 1.29 is 9.53 Å². The normalized spacial score (nSPS) is 10.4. The van der Waals surface area contributed by atoms with Crippen LogP contribution in [-0.2, 0) is 0 Å². The molecule has 5 heteroatoms. The van der Waals surface area contributed by atoms with Crippen molar-refractivity contribution in [3.8, 4) is 5.88 Å². The van der Waals surface area contributed by atoms with E-state index in [-0.39, 0.29) is 5.69 Å². The van der Waals surface area contributed by atoms with E-state index in [9.17, 15) is 4.79 Å². The zero-order valence-corrected chi connectivity index (χ0v) is 7.60. The molecule has 0 atom stereocenters. The Morgan fingerprint density at radius 3 is 3.00 bits per heavy atom. The van der Waals surface area contributed by atoms with Crippen LogP contribution < -0.4 is 10.5 Å². The highest BCUT2D eigenvalue weighted by molar-refractivity contribution is 5.94. The minimum absolute atomic E-state index is 0.152. The van der Waals surface area contributed by atoms with Crippen LogP contribution in [0.1, 0.15) is 10.5 Å². The smallest absolute Gasteiger partial charge is 0.272 e. The quantitative estimate of drug-likeness (QED) is 0.748. The molecule has 1 amide bonds. The SMILES string of the molecule is COc1c(C(N)=O)nc2ccccn12. The van der Waals surface area contributed by atoms with Gasteiger partial charge in [0.2, 0.25) is 5.88 Å². The van der Waals surface area contributed by atoms with Gasteiger partial charge in [-0.1, -0.05) is 6.07 Å². The maximum atomic E-state index is 11.0. The third-order valence-corrected chi connectivity index (χ3v) is 1.91. The number of carbonyl (C=O) groups is 1. The molecule has 2 heterocycles. The average Bonchev–Trinajstić information content (AvgIpc) is 2.56. The third kappa shape index (κ3) is 1.10. The lowest BCUT2D eigenvalue weighted by Crippen LogP contribution is -2.12. The predicted octanol–water partition coefficient (Wildman–Crippen LogP) is 0.442. The maximum absolute atomic E-state index is 11.0. The van der Waals surface area contributed by atoms with E-state index < -0.39 is 5.91 Å². The van der Waals surface area contributed by atoms with Crippen LogP contribution in [-0.4, -0.2) is 22.4 Å². The minimum Gasteiger partial charge on any atom is -0.480 e. The van der Waals surface area contributed by atoms with E-state index in [0.29, 0.717) is 11.5 Å². The molecule has 5 nitrogen and oxygen atoms in total. The van der Waals surface area contributed by atoms with Crippen molar-refractivity contribution in [2.24, 2.45) is 5.73 Å². The van der Waals surface area contributed by atoms with E-state index in [0.717, 1.165) is 0 Å². The van der Waals surface area contributed by atoms with Crippen LogP contribution in [0.15, 0.2) is 24.4 Å². The monoisotopic (exact) mass is 191 g/mol. The number of methoxy groups -OCH3 is 1. The first-order chi connectivity index (χ1) is 6.74. The van der Waals surface area contributed by atoms with Gasteiger partial charge in [0, 0.05) is 6.20 Å². The zero-order valence-electron chi connectivity index (χ0n) is 7.60. The second-order valence-electron chi connectivity index (χ2n) is 2.76. The molecule has 2 N–H and O–H groups in total. The molecule has 0 unspecified atom stereocenters. The summed E-state index contributed by atoms with van der Waals surface area (Å²) in [7, 11) is 1.48. The first kappa shape index (κ1) is 8.55. The Morgan fingerprint density at radius 1 is 1.57 bits per heavy atom. The molecule has 0 fully saturated rings. The van der Waals surface area contributed by atoms with Gasteiger partial charge >= 0.3 is 0 Å². The summed E-state index contributed by atoms with van der Waals surface area (Å²) in [4.78, 5) is 15.1. The van der Waals surface area contributed by atoms with Gasteiger partial charge in [-0.25, -0.2) is 4.98 Å². The molecule has 0 bridgehead atoms. The van der Waals surface area contributed by atoms with Crippen molar-refractivity contribution >= 4 is 11.6 Å². The van der Waals surface area contributed by atoms with Crippen LogP contribution in [0.3, 0.4) is 0 Å². The van der Waals surface area contributed by atoms with Gasteiger partial charge in [0.25, 0.3) is 5.91 Å². The van der Waals surface area contributed by atoms with Crippen molar-refractivity contribution in [3.63, 3.8) is 0 Å². The molecule has 0 radical (unpaired) electrons. The van der Waals surface area contributed by atoms with Crippen LogP contribution >= 0.6 is 0 Å². The summed E-state index contributed by atoms with van der Waals surface area (Å²) in [5.74, 6) is -0.223. The molecule has 0 aliphatic rings. The molecule has 0 aliphatic carbocycles. The standard InChI is InChI=1S/C9H9N3O2/c1-14-9-7(8(10)13)11-6-4-2-3-5-12(6)9/h2-5H,1H3,(H2,10,13). The van der Waals surface area contributed by atoms with E-state index in [1.807, 2.05) is 12.1 Å². The second-order valence-corrected chi connectivity index (χ2v) is 2.76. The highest BCUT2D eigenvalue weighted by Gasteiger charge is 2.16. The first-order valence-corrected chi connectivity index (χ1v) is 4.05. The number of aromatic nitrogens is 2. The van der Waals surface area contributed by atoms with Crippen LogP contribution in [0.4, 0.5) is 0 Å². The van der Waals surface area contributed by atoms with Gasteiger partial charge in [0.05, 0.1) is 7.11 Å². The van der Waals surface area contributed by atoms with Gasteiger partial charge in [-0.3, -0.25) is 9.20 Å². The summed E-state index contributed by atoms with van der Waals surface area (Å²) < 4.78 is 6.73. The van der Waals surface area contributed by atoms with Crippen LogP contribution in [0, 0.1) is 0 Å². The largest absolute Gasteiger partial charge is 0.480 e. The summed E-state index contributed by atoms with van der Waals surface area (Å²) in [5.41, 5.74) is 5.95. The molecule has 0 spiro atoms. The molecule has 0 saturated carbocycles. The Morgan fingerprint density at radius 2 is 2.36 bits per heavy atom. The highest BCUT2D eigenvalue weighted by Crippen LogP contribution is 2.19. The number of imidazole rings is 1. The number of primary amides is 1. The number of carbonyl (C=O) groups excluding carboxylic acids is 1. The Kier molecular flexibility index (Phi) is 1.85. The fourth-order valence-corrected chi connectivity index (χ4v) is 1.33. The van der Waals surface area contributed by atoms with Crippen molar-refractivity contribution in [1.82, 2.24) is 9.38 Å². The van der Waals surface area contributed by atoms with Crippen molar-refractivity contribution in [2.45, 2.75) is 0 Å². The minimum atomic E-state index is -0.592. The van der Waals surface area contributed by atoms with Crippen molar-refractivity contribution in [1.29, 1.82) is 0 Å². The van der Waals surface area contributed by atoms with E-state index in [1.54, 1.807) is 16.7 Å². The van der Waals surface area contributed by atoms with Crippen LogP contribution in [0.5, 0.6) is 5.88 Å². The van der Waals surface area contributed by atoms with Gasteiger partial charge in [-0.2, -0.15) is 0 Å². The molecule has 2 aromatic heterocycles. The molecule has 2 aromatic rings. The molecular formula is C9H9N3O2. The Bertz CT molecular complexity index is 490. The fraction of sp³-hybridized carbons (Fsp3) is 0.111. The number of pyridine rings is 1. The zero-order chi connectivity index (χ0) is 10.1. The van der Waals surface area contributed by atoms with Crippen LogP contribution in [0.2, 0.25) is 0 Å². The van der Waals surface area contributed by atoms with Gasteiger partial charge in [0.1, 0.15) is 5.65 Å². The molecule has 0 aromatic carbocycles. The molecule has 0 saturated heterocycles. The molecule has 14 heavy (non-hydrogen) atoms. The van der Waals surface area contributed by atoms with Gasteiger partial charge in [-0.15, -0.1) is 0 Å². The lowest BCUT2D eigenvalue weighted by molar-refractivity contribution is 0.0993. The Balaban J connectivity index is 2.78. The van der Waals surface area contributed by atoms with E-state index in [4.69, 9.17) is 10.5 Å². The number of nitrogens with zero attached hydrogens (tertiary/aromatic N) is 2. The number of hydrogen-bond donors (Lipinski definition) is 1. The first-order valence-electron chi connectivity index (χ1n) is 4.05. The van der Waals surface area contributed by atoms with Crippen molar-refractivity contribution in [2.75, 3.05) is 7.11 Å². The predicted molar refractivity (Wildman–Crippen MR) is 50.3 cm³/mol. The Hall–Kier alpha value is -2.04. The van der Waals surface area contributed by atoms with E-state index in [2.05, 4.69) is 4.98 Å². The fourth-order valence-electron chi connectivity index (χ4n) is 1.33. The average molecular weight is 191 g/mol.